The Labute approximate surface area is 156 Å². The maximum atomic E-state index is 9.28. The molecule has 0 radical (unpaired) electrons. The Hall–Kier alpha value is -2.35. The first kappa shape index (κ1) is 18.4. The lowest BCUT2D eigenvalue weighted by Gasteiger charge is -2.32. The molecule has 136 valence electrons. The van der Waals surface area contributed by atoms with E-state index in [2.05, 4.69) is 42.0 Å². The fourth-order valence-corrected chi connectivity index (χ4v) is 3.33. The Balaban J connectivity index is 1.65. The van der Waals surface area contributed by atoms with Crippen molar-refractivity contribution in [3.63, 3.8) is 0 Å². The third-order valence-corrected chi connectivity index (χ3v) is 4.96. The summed E-state index contributed by atoms with van der Waals surface area (Å²) < 4.78 is 6.10. The molecule has 1 aliphatic heterocycles. The summed E-state index contributed by atoms with van der Waals surface area (Å²) in [6.45, 7) is 7.85. The molecule has 4 nitrogen and oxygen atoms in total. The smallest absolute Gasteiger partial charge is 0.145 e. The number of likely N-dealkylation sites (N-methyl/N-ethyl adjacent to an activating group) is 1. The molecule has 1 fully saturated rings. The molecule has 2 aromatic rings. The summed E-state index contributed by atoms with van der Waals surface area (Å²) in [5.41, 5.74) is 3.02. The zero-order chi connectivity index (χ0) is 18.4. The summed E-state index contributed by atoms with van der Waals surface area (Å²) in [6, 6.07) is 15.9. The van der Waals surface area contributed by atoms with Crippen molar-refractivity contribution in [3.05, 3.63) is 59.2 Å². The average Bonchev–Trinajstić information content (AvgIpc) is 2.66. The Kier molecular flexibility index (Phi) is 6.27. The van der Waals surface area contributed by atoms with E-state index in [1.165, 1.54) is 11.1 Å². The SMILES string of the molecule is Cc1ccc(Oc2ccccc2C#N)c(CCCN2CCN(C)CC2)c1. The lowest BCUT2D eigenvalue weighted by molar-refractivity contribution is 0.153. The van der Waals surface area contributed by atoms with Gasteiger partial charge in [-0.1, -0.05) is 29.8 Å². The highest BCUT2D eigenvalue weighted by atomic mass is 16.5. The average molecular weight is 349 g/mol. The van der Waals surface area contributed by atoms with Gasteiger partial charge in [0.05, 0.1) is 5.56 Å². The van der Waals surface area contributed by atoms with Gasteiger partial charge >= 0.3 is 0 Å². The van der Waals surface area contributed by atoms with Crippen LogP contribution in [0.25, 0.3) is 0 Å². The number of hydrogen-bond donors (Lipinski definition) is 0. The minimum atomic E-state index is 0.566. The van der Waals surface area contributed by atoms with Gasteiger partial charge in [0.15, 0.2) is 0 Å². The molecule has 3 rings (SSSR count). The van der Waals surface area contributed by atoms with E-state index in [0.29, 0.717) is 11.3 Å². The van der Waals surface area contributed by atoms with Crippen molar-refractivity contribution >= 4 is 0 Å². The van der Waals surface area contributed by atoms with Crippen molar-refractivity contribution in [3.8, 4) is 17.6 Å². The number of hydrogen-bond acceptors (Lipinski definition) is 4. The molecule has 0 aliphatic carbocycles. The second kappa shape index (κ2) is 8.84. The van der Waals surface area contributed by atoms with Crippen LogP contribution in [0.3, 0.4) is 0 Å². The number of nitrogens with zero attached hydrogens (tertiary/aromatic N) is 3. The fourth-order valence-electron chi connectivity index (χ4n) is 3.33. The molecular weight excluding hydrogens is 322 g/mol. The zero-order valence-electron chi connectivity index (χ0n) is 15.7. The minimum absolute atomic E-state index is 0.566. The molecule has 1 aliphatic rings. The minimum Gasteiger partial charge on any atom is -0.456 e. The summed E-state index contributed by atoms with van der Waals surface area (Å²) in [4.78, 5) is 4.93. The van der Waals surface area contributed by atoms with Gasteiger partial charge in [-0.05, 0) is 57.1 Å². The Bertz CT molecular complexity index is 773. The van der Waals surface area contributed by atoms with E-state index < -0.39 is 0 Å². The van der Waals surface area contributed by atoms with Gasteiger partial charge in [-0.2, -0.15) is 5.26 Å². The van der Waals surface area contributed by atoms with Crippen molar-refractivity contribution in [2.24, 2.45) is 0 Å². The van der Waals surface area contributed by atoms with Gasteiger partial charge < -0.3 is 14.5 Å². The van der Waals surface area contributed by atoms with E-state index in [0.717, 1.165) is 51.3 Å². The molecule has 26 heavy (non-hydrogen) atoms. The predicted molar refractivity (Wildman–Crippen MR) is 105 cm³/mol. The normalized spacial score (nSPS) is 15.6. The third kappa shape index (κ3) is 4.85. The number of para-hydroxylation sites is 1. The third-order valence-electron chi connectivity index (χ3n) is 4.96. The summed E-state index contributed by atoms with van der Waals surface area (Å²) in [6.07, 6.45) is 2.10. The van der Waals surface area contributed by atoms with Crippen molar-refractivity contribution in [1.82, 2.24) is 9.80 Å². The van der Waals surface area contributed by atoms with Gasteiger partial charge in [-0.15, -0.1) is 0 Å². The summed E-state index contributed by atoms with van der Waals surface area (Å²) >= 11 is 0. The number of ether oxygens (including phenoxy) is 1. The standard InChI is InChI=1S/C22H27N3O/c1-18-9-10-22(26-21-8-4-3-6-20(21)17-23)19(16-18)7-5-11-25-14-12-24(2)13-15-25/h3-4,6,8-10,16H,5,7,11-15H2,1-2H3. The van der Waals surface area contributed by atoms with Crippen molar-refractivity contribution in [1.29, 1.82) is 5.26 Å². The van der Waals surface area contributed by atoms with Gasteiger partial charge in [0.1, 0.15) is 17.6 Å². The maximum absolute atomic E-state index is 9.28. The molecule has 0 amide bonds. The first-order valence-electron chi connectivity index (χ1n) is 9.33. The van der Waals surface area contributed by atoms with Gasteiger partial charge in [-0.25, -0.2) is 0 Å². The van der Waals surface area contributed by atoms with Crippen LogP contribution in [-0.2, 0) is 6.42 Å². The predicted octanol–water partition coefficient (Wildman–Crippen LogP) is 3.84. The van der Waals surface area contributed by atoms with Crippen LogP contribution in [0.5, 0.6) is 11.5 Å². The molecule has 0 atom stereocenters. The second-order valence-electron chi connectivity index (χ2n) is 7.07. The second-order valence-corrected chi connectivity index (χ2v) is 7.07. The quantitative estimate of drug-likeness (QED) is 0.794. The van der Waals surface area contributed by atoms with E-state index in [1.54, 1.807) is 6.07 Å². The summed E-state index contributed by atoms with van der Waals surface area (Å²) in [5.74, 6) is 1.48. The van der Waals surface area contributed by atoms with Gasteiger partial charge in [0.25, 0.3) is 0 Å². The number of aryl methyl sites for hydroxylation is 2. The van der Waals surface area contributed by atoms with Crippen LogP contribution < -0.4 is 4.74 Å². The van der Waals surface area contributed by atoms with Crippen LogP contribution >= 0.6 is 0 Å². The summed E-state index contributed by atoms with van der Waals surface area (Å²) in [5, 5.41) is 9.28. The zero-order valence-corrected chi connectivity index (χ0v) is 15.7. The molecular formula is C22H27N3O. The molecule has 0 spiro atoms. The largest absolute Gasteiger partial charge is 0.456 e. The van der Waals surface area contributed by atoms with Gasteiger partial charge in [0, 0.05) is 26.2 Å². The molecule has 1 heterocycles. The van der Waals surface area contributed by atoms with E-state index in [4.69, 9.17) is 4.74 Å². The lowest BCUT2D eigenvalue weighted by Crippen LogP contribution is -2.44. The van der Waals surface area contributed by atoms with E-state index in [9.17, 15) is 5.26 Å². The van der Waals surface area contributed by atoms with Crippen molar-refractivity contribution in [2.45, 2.75) is 19.8 Å². The molecule has 4 heteroatoms. The number of rotatable bonds is 6. The van der Waals surface area contributed by atoms with Crippen LogP contribution in [0, 0.1) is 18.3 Å². The Morgan fingerprint density at radius 3 is 2.58 bits per heavy atom. The van der Waals surface area contributed by atoms with Gasteiger partial charge in [-0.3, -0.25) is 0 Å². The lowest BCUT2D eigenvalue weighted by atomic mass is 10.1. The Morgan fingerprint density at radius 2 is 1.81 bits per heavy atom. The topological polar surface area (TPSA) is 39.5 Å². The number of benzene rings is 2. The van der Waals surface area contributed by atoms with E-state index >= 15 is 0 Å². The van der Waals surface area contributed by atoms with Crippen LogP contribution in [-0.4, -0.2) is 49.6 Å². The molecule has 0 saturated carbocycles. The first-order valence-corrected chi connectivity index (χ1v) is 9.33. The van der Waals surface area contributed by atoms with Crippen LogP contribution in [0.15, 0.2) is 42.5 Å². The molecule has 0 aromatic heterocycles. The molecule has 1 saturated heterocycles. The van der Waals surface area contributed by atoms with Crippen LogP contribution in [0.4, 0.5) is 0 Å². The maximum Gasteiger partial charge on any atom is 0.145 e. The Morgan fingerprint density at radius 1 is 1.04 bits per heavy atom. The molecule has 0 unspecified atom stereocenters. The summed E-state index contributed by atoms with van der Waals surface area (Å²) in [7, 11) is 2.19. The molecule has 2 aromatic carbocycles. The van der Waals surface area contributed by atoms with E-state index in [-0.39, 0.29) is 0 Å². The highest BCUT2D eigenvalue weighted by Gasteiger charge is 2.14. The van der Waals surface area contributed by atoms with Crippen LogP contribution in [0.1, 0.15) is 23.1 Å². The monoisotopic (exact) mass is 349 g/mol. The fraction of sp³-hybridized carbons (Fsp3) is 0.409. The van der Waals surface area contributed by atoms with Gasteiger partial charge in [0.2, 0.25) is 0 Å². The highest BCUT2D eigenvalue weighted by molar-refractivity contribution is 5.47. The first-order chi connectivity index (χ1) is 12.7. The molecule has 0 bridgehead atoms. The van der Waals surface area contributed by atoms with Crippen LogP contribution in [0.2, 0.25) is 0 Å². The highest BCUT2D eigenvalue weighted by Crippen LogP contribution is 2.29. The number of piperazine rings is 1. The van der Waals surface area contributed by atoms with Crippen molar-refractivity contribution in [2.75, 3.05) is 39.8 Å². The number of nitriles is 1. The molecule has 0 N–H and O–H groups in total. The van der Waals surface area contributed by atoms with E-state index in [1.807, 2.05) is 24.3 Å². The van der Waals surface area contributed by atoms with Crippen molar-refractivity contribution < 1.29 is 4.74 Å².